The first kappa shape index (κ1) is 12.1. The molecule has 1 aliphatic rings. The zero-order chi connectivity index (χ0) is 12.4. The van der Waals surface area contributed by atoms with Crippen LogP contribution in [0, 0.1) is 18.6 Å². The molecule has 1 heterocycles. The zero-order valence-electron chi connectivity index (χ0n) is 9.33. The third kappa shape index (κ3) is 2.50. The lowest BCUT2D eigenvalue weighted by Gasteiger charge is -2.22. The fourth-order valence-electron chi connectivity index (χ4n) is 1.66. The summed E-state index contributed by atoms with van der Waals surface area (Å²) < 4.78 is 36.8. The summed E-state index contributed by atoms with van der Waals surface area (Å²) in [6.07, 6.45) is -0.803. The fourth-order valence-corrected chi connectivity index (χ4v) is 1.66. The number of rotatable bonds is 2. The molecule has 3 nitrogen and oxygen atoms in total. The number of hydrogen-bond donors (Lipinski definition) is 0. The molecular formula is C12H12F2O3. The Morgan fingerprint density at radius 1 is 1.29 bits per heavy atom. The van der Waals surface area contributed by atoms with Crippen molar-refractivity contribution in [3.63, 3.8) is 0 Å². The summed E-state index contributed by atoms with van der Waals surface area (Å²) in [4.78, 5) is 11.9. The van der Waals surface area contributed by atoms with Crippen LogP contribution < -0.4 is 0 Å². The number of halogens is 2. The fraction of sp³-hybridized carbons (Fsp3) is 0.417. The third-order valence-corrected chi connectivity index (χ3v) is 2.62. The van der Waals surface area contributed by atoms with Gasteiger partial charge in [-0.15, -0.1) is 0 Å². The van der Waals surface area contributed by atoms with Crippen molar-refractivity contribution in [2.75, 3.05) is 19.8 Å². The minimum atomic E-state index is -0.868. The van der Waals surface area contributed by atoms with Crippen molar-refractivity contribution in [2.24, 2.45) is 0 Å². The second kappa shape index (κ2) is 4.89. The molecule has 0 bridgehead atoms. The second-order valence-corrected chi connectivity index (χ2v) is 3.88. The van der Waals surface area contributed by atoms with Crippen LogP contribution in [0.25, 0.3) is 0 Å². The molecule has 92 valence electrons. The molecule has 0 aliphatic carbocycles. The summed E-state index contributed by atoms with van der Waals surface area (Å²) in [5.74, 6) is -2.04. The Morgan fingerprint density at radius 3 is 2.71 bits per heavy atom. The van der Waals surface area contributed by atoms with Crippen LogP contribution in [0.1, 0.15) is 15.9 Å². The predicted octanol–water partition coefficient (Wildman–Crippen LogP) is 1.87. The summed E-state index contributed by atoms with van der Waals surface area (Å²) in [6, 6.07) is 1.91. The van der Waals surface area contributed by atoms with E-state index in [-0.39, 0.29) is 17.7 Å². The van der Waals surface area contributed by atoms with Crippen molar-refractivity contribution in [1.29, 1.82) is 0 Å². The minimum absolute atomic E-state index is 0.106. The second-order valence-electron chi connectivity index (χ2n) is 3.88. The van der Waals surface area contributed by atoms with Crippen LogP contribution in [-0.4, -0.2) is 31.7 Å². The number of carbonyl (C=O) groups excluding carboxylic acids is 1. The molecule has 1 saturated heterocycles. The smallest absolute Gasteiger partial charge is 0.196 e. The first-order chi connectivity index (χ1) is 8.09. The number of Topliss-reactive ketones (excluding diaryl/α,β-unsaturated/α-hetero) is 1. The van der Waals surface area contributed by atoms with E-state index in [4.69, 9.17) is 9.47 Å². The van der Waals surface area contributed by atoms with Gasteiger partial charge in [-0.05, 0) is 18.6 Å². The molecule has 0 N–H and O–H groups in total. The normalized spacial score (nSPS) is 20.3. The minimum Gasteiger partial charge on any atom is -0.376 e. The number of carbonyl (C=O) groups is 1. The Morgan fingerprint density at radius 2 is 2.06 bits per heavy atom. The Kier molecular flexibility index (Phi) is 3.49. The van der Waals surface area contributed by atoms with Gasteiger partial charge in [-0.1, -0.05) is 0 Å². The molecule has 5 heteroatoms. The average Bonchev–Trinajstić information content (AvgIpc) is 2.34. The molecule has 1 fully saturated rings. The molecular weight excluding hydrogens is 230 g/mol. The van der Waals surface area contributed by atoms with Gasteiger partial charge in [0.15, 0.2) is 5.78 Å². The standard InChI is InChI=1S/C12H12F2O3/c1-7-4-8(10(14)5-9(7)13)12(15)11-6-16-2-3-17-11/h4-5,11H,2-3,6H2,1H3. The van der Waals surface area contributed by atoms with E-state index < -0.39 is 23.5 Å². The highest BCUT2D eigenvalue weighted by atomic mass is 19.1. The maximum atomic E-state index is 13.5. The van der Waals surface area contributed by atoms with Crippen LogP contribution in [0.15, 0.2) is 12.1 Å². The maximum absolute atomic E-state index is 13.5. The van der Waals surface area contributed by atoms with Crippen molar-refractivity contribution < 1.29 is 23.0 Å². The van der Waals surface area contributed by atoms with Gasteiger partial charge in [0, 0.05) is 6.07 Å². The molecule has 0 radical (unpaired) electrons. The first-order valence-corrected chi connectivity index (χ1v) is 5.29. The molecule has 0 amide bonds. The van der Waals surface area contributed by atoms with Crippen LogP contribution in [-0.2, 0) is 9.47 Å². The molecule has 17 heavy (non-hydrogen) atoms. The summed E-state index contributed by atoms with van der Waals surface area (Å²) in [7, 11) is 0. The predicted molar refractivity (Wildman–Crippen MR) is 56.0 cm³/mol. The van der Waals surface area contributed by atoms with Gasteiger partial charge in [-0.2, -0.15) is 0 Å². The lowest BCUT2D eigenvalue weighted by Crippen LogP contribution is -2.35. The SMILES string of the molecule is Cc1cc(C(=O)C2COCCO2)c(F)cc1F. The molecule has 0 aromatic heterocycles. The Hall–Kier alpha value is -1.33. The quantitative estimate of drug-likeness (QED) is 0.743. The molecule has 1 unspecified atom stereocenters. The van der Waals surface area contributed by atoms with Gasteiger partial charge in [0.25, 0.3) is 0 Å². The molecule has 2 rings (SSSR count). The average molecular weight is 242 g/mol. The Bertz CT molecular complexity index is 440. The van der Waals surface area contributed by atoms with Crippen LogP contribution >= 0.6 is 0 Å². The highest BCUT2D eigenvalue weighted by Crippen LogP contribution is 2.17. The lowest BCUT2D eigenvalue weighted by atomic mass is 10.0. The van der Waals surface area contributed by atoms with E-state index in [0.717, 1.165) is 0 Å². The molecule has 1 atom stereocenters. The van der Waals surface area contributed by atoms with Crippen molar-refractivity contribution in [3.8, 4) is 0 Å². The Labute approximate surface area is 97.3 Å². The van der Waals surface area contributed by atoms with E-state index in [1.807, 2.05) is 0 Å². The molecule has 0 saturated carbocycles. The Balaban J connectivity index is 2.26. The van der Waals surface area contributed by atoms with E-state index in [2.05, 4.69) is 0 Å². The van der Waals surface area contributed by atoms with Gasteiger partial charge in [-0.25, -0.2) is 8.78 Å². The molecule has 1 aliphatic heterocycles. The van der Waals surface area contributed by atoms with Gasteiger partial charge >= 0.3 is 0 Å². The van der Waals surface area contributed by atoms with Gasteiger partial charge in [0.2, 0.25) is 0 Å². The van der Waals surface area contributed by atoms with E-state index in [0.29, 0.717) is 19.3 Å². The summed E-state index contributed by atoms with van der Waals surface area (Å²) in [5, 5.41) is 0. The third-order valence-electron chi connectivity index (χ3n) is 2.62. The molecule has 1 aromatic rings. The van der Waals surface area contributed by atoms with Crippen molar-refractivity contribution in [1.82, 2.24) is 0 Å². The van der Waals surface area contributed by atoms with Gasteiger partial charge in [0.05, 0.1) is 25.4 Å². The van der Waals surface area contributed by atoms with Gasteiger partial charge < -0.3 is 9.47 Å². The number of ether oxygens (including phenoxy) is 2. The van der Waals surface area contributed by atoms with E-state index >= 15 is 0 Å². The zero-order valence-corrected chi connectivity index (χ0v) is 9.33. The number of benzene rings is 1. The van der Waals surface area contributed by atoms with Gasteiger partial charge in [-0.3, -0.25) is 4.79 Å². The molecule has 0 spiro atoms. The largest absolute Gasteiger partial charge is 0.376 e. The van der Waals surface area contributed by atoms with Crippen molar-refractivity contribution >= 4 is 5.78 Å². The highest BCUT2D eigenvalue weighted by Gasteiger charge is 2.26. The molecule has 1 aromatic carbocycles. The van der Waals surface area contributed by atoms with Crippen LogP contribution in [0.5, 0.6) is 0 Å². The van der Waals surface area contributed by atoms with E-state index in [1.165, 1.54) is 13.0 Å². The number of hydrogen-bond acceptors (Lipinski definition) is 3. The van der Waals surface area contributed by atoms with Crippen LogP contribution in [0.3, 0.4) is 0 Å². The summed E-state index contributed by atoms with van der Waals surface area (Å²) >= 11 is 0. The number of ketones is 1. The number of aryl methyl sites for hydroxylation is 1. The van der Waals surface area contributed by atoms with Gasteiger partial charge in [0.1, 0.15) is 17.7 Å². The first-order valence-electron chi connectivity index (χ1n) is 5.29. The monoisotopic (exact) mass is 242 g/mol. The van der Waals surface area contributed by atoms with E-state index in [9.17, 15) is 13.6 Å². The van der Waals surface area contributed by atoms with Crippen LogP contribution in [0.4, 0.5) is 8.78 Å². The summed E-state index contributed by atoms with van der Waals surface area (Å²) in [6.45, 7) is 2.31. The summed E-state index contributed by atoms with van der Waals surface area (Å²) in [5.41, 5.74) is 0.0749. The van der Waals surface area contributed by atoms with Crippen LogP contribution in [0.2, 0.25) is 0 Å². The van der Waals surface area contributed by atoms with Crippen molar-refractivity contribution in [3.05, 3.63) is 34.9 Å². The topological polar surface area (TPSA) is 35.5 Å². The lowest BCUT2D eigenvalue weighted by molar-refractivity contribution is -0.0720. The van der Waals surface area contributed by atoms with Crippen molar-refractivity contribution in [2.45, 2.75) is 13.0 Å². The maximum Gasteiger partial charge on any atom is 0.196 e. The highest BCUT2D eigenvalue weighted by molar-refractivity contribution is 6.00. The van der Waals surface area contributed by atoms with E-state index in [1.54, 1.807) is 0 Å².